The smallest absolute Gasteiger partial charge is 0.462 e. The summed E-state index contributed by atoms with van der Waals surface area (Å²) in [5.41, 5.74) is 0. The van der Waals surface area contributed by atoms with Crippen molar-refractivity contribution in [2.75, 3.05) is 39.6 Å². The van der Waals surface area contributed by atoms with Gasteiger partial charge in [-0.3, -0.25) is 37.3 Å². The molecule has 3 unspecified atom stereocenters. The third-order valence-electron chi connectivity index (χ3n) is 16.1. The molecule has 516 valence electrons. The molecule has 0 bridgehead atoms. The van der Waals surface area contributed by atoms with E-state index >= 15 is 0 Å². The van der Waals surface area contributed by atoms with Crippen LogP contribution in [0.15, 0.2) is 0 Å². The molecular formula is C68H132O17P2. The van der Waals surface area contributed by atoms with Crippen molar-refractivity contribution in [1.82, 2.24) is 0 Å². The van der Waals surface area contributed by atoms with Gasteiger partial charge in [0.25, 0.3) is 0 Å². The topological polar surface area (TPSA) is 237 Å². The van der Waals surface area contributed by atoms with Crippen LogP contribution >= 0.6 is 15.6 Å². The predicted octanol–water partition coefficient (Wildman–Crippen LogP) is 19.2. The highest BCUT2D eigenvalue weighted by molar-refractivity contribution is 7.47. The van der Waals surface area contributed by atoms with Crippen LogP contribution in [-0.2, 0) is 65.4 Å². The summed E-state index contributed by atoms with van der Waals surface area (Å²) in [6.45, 7) is 9.44. The Kier molecular flexibility index (Phi) is 59.0. The van der Waals surface area contributed by atoms with E-state index in [4.69, 9.17) is 37.0 Å². The minimum absolute atomic E-state index is 0.103. The summed E-state index contributed by atoms with van der Waals surface area (Å²) in [6.07, 6.45) is 44.6. The lowest BCUT2D eigenvalue weighted by atomic mass is 9.99. The van der Waals surface area contributed by atoms with E-state index in [1.54, 1.807) is 0 Å². The largest absolute Gasteiger partial charge is 0.472 e. The molecule has 3 N–H and O–H groups in total. The quantitative estimate of drug-likeness (QED) is 0.0222. The van der Waals surface area contributed by atoms with Gasteiger partial charge in [-0.2, -0.15) is 0 Å². The molecule has 0 rings (SSSR count). The number of hydrogen-bond donors (Lipinski definition) is 3. The Morgan fingerprint density at radius 2 is 0.586 bits per heavy atom. The van der Waals surface area contributed by atoms with Crippen molar-refractivity contribution in [2.45, 2.75) is 362 Å². The first-order chi connectivity index (χ1) is 41.9. The Hall–Kier alpha value is -1.94. The van der Waals surface area contributed by atoms with Gasteiger partial charge >= 0.3 is 39.5 Å². The number of hydrogen-bond acceptors (Lipinski definition) is 15. The highest BCUT2D eigenvalue weighted by atomic mass is 31.2. The summed E-state index contributed by atoms with van der Waals surface area (Å²) in [4.78, 5) is 72.3. The average molecular weight is 1280 g/mol. The zero-order valence-corrected chi connectivity index (χ0v) is 58.1. The van der Waals surface area contributed by atoms with Crippen molar-refractivity contribution >= 4 is 39.5 Å². The van der Waals surface area contributed by atoms with Crippen molar-refractivity contribution in [3.8, 4) is 0 Å². The molecule has 17 nitrogen and oxygen atoms in total. The van der Waals surface area contributed by atoms with Gasteiger partial charge in [0.2, 0.25) is 0 Å². The first kappa shape index (κ1) is 85.1. The van der Waals surface area contributed by atoms with Crippen LogP contribution in [-0.4, -0.2) is 96.7 Å². The second-order valence-corrected chi connectivity index (χ2v) is 28.2. The minimum Gasteiger partial charge on any atom is -0.462 e. The SMILES string of the molecule is CCCCCCCCCCCCCCCCCCCC(=O)O[C@H](COC(=O)CCCCCCCCCCC(C)CC)COP(=O)(O)OC[C@@H](O)COP(=O)(O)OC[C@@H](COC(=O)CCCCCCCCCC)OC(=O)CCCCCCCCCC(C)C. The molecule has 19 heteroatoms. The average Bonchev–Trinajstić information content (AvgIpc) is 3.60. The van der Waals surface area contributed by atoms with Crippen molar-refractivity contribution in [3.63, 3.8) is 0 Å². The van der Waals surface area contributed by atoms with E-state index in [0.29, 0.717) is 31.6 Å². The molecule has 0 saturated heterocycles. The molecular weight excluding hydrogens is 1150 g/mol. The number of esters is 4. The van der Waals surface area contributed by atoms with Crippen LogP contribution in [0.3, 0.4) is 0 Å². The van der Waals surface area contributed by atoms with Gasteiger partial charge in [-0.25, -0.2) is 9.13 Å². The zero-order valence-electron chi connectivity index (χ0n) is 56.3. The molecule has 0 spiro atoms. The van der Waals surface area contributed by atoms with Crippen molar-refractivity contribution in [3.05, 3.63) is 0 Å². The van der Waals surface area contributed by atoms with Crippen molar-refractivity contribution in [2.24, 2.45) is 11.8 Å². The monoisotopic (exact) mass is 1280 g/mol. The lowest BCUT2D eigenvalue weighted by Gasteiger charge is -2.21. The number of unbranched alkanes of at least 4 members (excludes halogenated alkanes) is 36. The summed E-state index contributed by atoms with van der Waals surface area (Å²) in [6, 6.07) is 0. The number of phosphoric acid groups is 2. The summed E-state index contributed by atoms with van der Waals surface area (Å²) >= 11 is 0. The standard InChI is InChI=1S/C68H132O17P2/c1-7-10-12-14-16-18-19-20-21-22-23-24-25-26-34-40-46-52-67(72)84-63(57-79-66(71)51-45-39-33-28-27-31-37-43-49-61(6)9-3)58-82-86(74,75)80-54-62(69)55-81-87(76,77)83-59-64(56-78-65(70)50-44-38-32-17-15-13-11-8-2)85-68(73)53-47-41-35-29-30-36-42-48-60(4)5/h60-64,69H,7-59H2,1-6H3,(H,74,75)(H,76,77)/t61?,62-,63-,64-/m1/s1. The summed E-state index contributed by atoms with van der Waals surface area (Å²) in [5.74, 6) is -0.658. The van der Waals surface area contributed by atoms with E-state index in [9.17, 15) is 43.2 Å². The lowest BCUT2D eigenvalue weighted by molar-refractivity contribution is -0.161. The van der Waals surface area contributed by atoms with Crippen LogP contribution < -0.4 is 0 Å². The highest BCUT2D eigenvalue weighted by Crippen LogP contribution is 2.45. The third-order valence-corrected chi connectivity index (χ3v) is 18.0. The van der Waals surface area contributed by atoms with Crippen molar-refractivity contribution < 1.29 is 80.2 Å². The van der Waals surface area contributed by atoms with Crippen LogP contribution in [0.2, 0.25) is 0 Å². The molecule has 0 aromatic rings. The number of aliphatic hydroxyl groups is 1. The van der Waals surface area contributed by atoms with E-state index in [0.717, 1.165) is 102 Å². The Morgan fingerprint density at radius 3 is 0.874 bits per heavy atom. The molecule has 0 heterocycles. The van der Waals surface area contributed by atoms with Crippen LogP contribution in [0.4, 0.5) is 0 Å². The van der Waals surface area contributed by atoms with E-state index in [-0.39, 0.29) is 25.7 Å². The van der Waals surface area contributed by atoms with E-state index in [1.807, 2.05) is 0 Å². The fourth-order valence-electron chi connectivity index (χ4n) is 10.2. The molecule has 0 aliphatic heterocycles. The molecule has 0 saturated carbocycles. The number of carbonyl (C=O) groups excluding carboxylic acids is 4. The van der Waals surface area contributed by atoms with Gasteiger partial charge in [0.1, 0.15) is 19.3 Å². The molecule has 87 heavy (non-hydrogen) atoms. The molecule has 6 atom stereocenters. The third kappa shape index (κ3) is 61.3. The van der Waals surface area contributed by atoms with Crippen LogP contribution in [0.5, 0.6) is 0 Å². The molecule has 0 aliphatic rings. The molecule has 0 aromatic carbocycles. The Labute approximate surface area is 530 Å². The van der Waals surface area contributed by atoms with Crippen LogP contribution in [0.1, 0.15) is 343 Å². The Morgan fingerprint density at radius 1 is 0.333 bits per heavy atom. The maximum Gasteiger partial charge on any atom is 0.472 e. The highest BCUT2D eigenvalue weighted by Gasteiger charge is 2.30. The Balaban J connectivity index is 5.21. The first-order valence-electron chi connectivity index (χ1n) is 35.5. The molecule has 0 aromatic heterocycles. The summed E-state index contributed by atoms with van der Waals surface area (Å²) in [7, 11) is -9.89. The normalized spacial score (nSPS) is 14.5. The fraction of sp³-hybridized carbons (Fsp3) is 0.941. The van der Waals surface area contributed by atoms with Gasteiger partial charge in [0.15, 0.2) is 12.2 Å². The molecule has 0 fully saturated rings. The number of rotatable bonds is 67. The number of carbonyl (C=O) groups is 4. The molecule has 0 radical (unpaired) electrons. The maximum absolute atomic E-state index is 13.0. The van der Waals surface area contributed by atoms with Gasteiger partial charge in [-0.15, -0.1) is 0 Å². The van der Waals surface area contributed by atoms with Gasteiger partial charge in [-0.05, 0) is 37.5 Å². The molecule has 0 aliphatic carbocycles. The molecule has 0 amide bonds. The van der Waals surface area contributed by atoms with Gasteiger partial charge < -0.3 is 33.8 Å². The van der Waals surface area contributed by atoms with Gasteiger partial charge in [-0.1, -0.05) is 292 Å². The number of phosphoric ester groups is 2. The van der Waals surface area contributed by atoms with Crippen molar-refractivity contribution in [1.29, 1.82) is 0 Å². The van der Waals surface area contributed by atoms with E-state index < -0.39 is 97.5 Å². The second kappa shape index (κ2) is 60.3. The summed E-state index contributed by atoms with van der Waals surface area (Å²) < 4.78 is 68.1. The zero-order chi connectivity index (χ0) is 64.3. The minimum atomic E-state index is -4.95. The van der Waals surface area contributed by atoms with Crippen LogP contribution in [0, 0.1) is 11.8 Å². The summed E-state index contributed by atoms with van der Waals surface area (Å²) in [5, 5.41) is 10.6. The number of ether oxygens (including phenoxy) is 4. The number of aliphatic hydroxyl groups excluding tert-OH is 1. The first-order valence-corrected chi connectivity index (χ1v) is 38.5. The fourth-order valence-corrected chi connectivity index (χ4v) is 11.8. The van der Waals surface area contributed by atoms with Crippen LogP contribution in [0.25, 0.3) is 0 Å². The lowest BCUT2D eigenvalue weighted by Crippen LogP contribution is -2.30. The maximum atomic E-state index is 13.0. The second-order valence-electron chi connectivity index (χ2n) is 25.3. The van der Waals surface area contributed by atoms with E-state index in [2.05, 4.69) is 41.5 Å². The van der Waals surface area contributed by atoms with Gasteiger partial charge in [0.05, 0.1) is 26.4 Å². The Bertz CT molecular complexity index is 1700. The van der Waals surface area contributed by atoms with Gasteiger partial charge in [0, 0.05) is 25.7 Å². The predicted molar refractivity (Wildman–Crippen MR) is 349 cm³/mol. The van der Waals surface area contributed by atoms with E-state index in [1.165, 1.54) is 154 Å².